The van der Waals surface area contributed by atoms with Crippen LogP contribution in [0.4, 0.5) is 5.69 Å². The second-order valence-electron chi connectivity index (χ2n) is 8.39. The van der Waals surface area contributed by atoms with E-state index >= 15 is 0 Å². The summed E-state index contributed by atoms with van der Waals surface area (Å²) in [6, 6.07) is 19.9. The van der Waals surface area contributed by atoms with Gasteiger partial charge in [0.05, 0.1) is 24.2 Å². The molecule has 0 saturated heterocycles. The van der Waals surface area contributed by atoms with Crippen LogP contribution in [-0.4, -0.2) is 36.7 Å². The summed E-state index contributed by atoms with van der Waals surface area (Å²) in [5, 5.41) is 20.4. The molecule has 37 heavy (non-hydrogen) atoms. The molecular weight excluding hydrogens is 472 g/mol. The fraction of sp³-hybridized carbons (Fsp3) is 0.111. The second-order valence-corrected chi connectivity index (χ2v) is 8.39. The summed E-state index contributed by atoms with van der Waals surface area (Å²) in [4.78, 5) is 39.9. The van der Waals surface area contributed by atoms with Crippen molar-refractivity contribution in [1.82, 2.24) is 24.6 Å². The van der Waals surface area contributed by atoms with E-state index in [0.29, 0.717) is 29.7 Å². The maximum absolute atomic E-state index is 13.1. The lowest BCUT2D eigenvalue weighted by atomic mass is 10.0. The number of rotatable bonds is 8. The Bertz CT molecular complexity index is 1700. The average molecular weight is 495 g/mol. The highest BCUT2D eigenvalue weighted by atomic mass is 16.6. The average Bonchev–Trinajstić information content (AvgIpc) is 3.33. The quantitative estimate of drug-likeness (QED) is 0.200. The summed E-state index contributed by atoms with van der Waals surface area (Å²) < 4.78 is 3.15. The van der Waals surface area contributed by atoms with Crippen molar-refractivity contribution in [2.24, 2.45) is 0 Å². The molecule has 5 rings (SSSR count). The molecule has 1 N–H and O–H groups in total. The van der Waals surface area contributed by atoms with Crippen molar-refractivity contribution in [3.05, 3.63) is 117 Å². The molecule has 0 fully saturated rings. The molecule has 0 saturated carbocycles. The third-order valence-corrected chi connectivity index (χ3v) is 6.00. The van der Waals surface area contributed by atoms with Gasteiger partial charge >= 0.3 is 0 Å². The molecule has 1 amide bonds. The first-order valence-corrected chi connectivity index (χ1v) is 11.6. The third-order valence-electron chi connectivity index (χ3n) is 6.00. The van der Waals surface area contributed by atoms with Crippen LogP contribution in [0.25, 0.3) is 27.9 Å². The zero-order chi connectivity index (χ0) is 25.8. The van der Waals surface area contributed by atoms with E-state index in [4.69, 9.17) is 0 Å². The number of nitrogens with one attached hydrogen (secondary N) is 1. The number of hydrogen-bond acceptors (Lipinski definition) is 6. The Morgan fingerprint density at radius 3 is 2.62 bits per heavy atom. The molecule has 2 heterocycles. The van der Waals surface area contributed by atoms with Gasteiger partial charge in [0.2, 0.25) is 5.91 Å². The Kier molecular flexibility index (Phi) is 6.54. The first-order chi connectivity index (χ1) is 18.0. The maximum Gasteiger partial charge on any atom is 0.269 e. The van der Waals surface area contributed by atoms with Crippen LogP contribution >= 0.6 is 0 Å². The van der Waals surface area contributed by atoms with Crippen LogP contribution in [0, 0.1) is 10.1 Å². The van der Waals surface area contributed by atoms with Crippen LogP contribution in [0.3, 0.4) is 0 Å². The van der Waals surface area contributed by atoms with Gasteiger partial charge in [0.15, 0.2) is 5.65 Å². The molecule has 5 aromatic rings. The van der Waals surface area contributed by atoms with Gasteiger partial charge in [-0.25, -0.2) is 9.67 Å². The number of benzene rings is 3. The summed E-state index contributed by atoms with van der Waals surface area (Å²) in [6.07, 6.45) is 5.95. The van der Waals surface area contributed by atoms with E-state index in [1.807, 2.05) is 42.5 Å². The number of nitro benzene ring substituents is 1. The summed E-state index contributed by atoms with van der Waals surface area (Å²) in [5.41, 5.74) is 1.96. The van der Waals surface area contributed by atoms with Crippen molar-refractivity contribution < 1.29 is 9.72 Å². The van der Waals surface area contributed by atoms with E-state index in [0.717, 1.165) is 16.3 Å². The third kappa shape index (κ3) is 5.13. The van der Waals surface area contributed by atoms with Crippen molar-refractivity contribution in [1.29, 1.82) is 0 Å². The van der Waals surface area contributed by atoms with E-state index in [-0.39, 0.29) is 23.7 Å². The van der Waals surface area contributed by atoms with Gasteiger partial charge in [-0.1, -0.05) is 42.5 Å². The van der Waals surface area contributed by atoms with E-state index in [2.05, 4.69) is 15.4 Å². The van der Waals surface area contributed by atoms with Crippen LogP contribution in [0.5, 0.6) is 0 Å². The molecule has 0 radical (unpaired) electrons. The van der Waals surface area contributed by atoms with Gasteiger partial charge in [0, 0.05) is 24.8 Å². The Hall–Kier alpha value is -5.12. The smallest absolute Gasteiger partial charge is 0.269 e. The van der Waals surface area contributed by atoms with Gasteiger partial charge in [0.1, 0.15) is 11.7 Å². The molecule has 0 atom stereocenters. The highest BCUT2D eigenvalue weighted by Crippen LogP contribution is 2.19. The fourth-order valence-electron chi connectivity index (χ4n) is 4.11. The van der Waals surface area contributed by atoms with Crippen LogP contribution < -0.4 is 10.9 Å². The minimum atomic E-state index is -0.478. The van der Waals surface area contributed by atoms with Gasteiger partial charge in [-0.3, -0.25) is 24.3 Å². The summed E-state index contributed by atoms with van der Waals surface area (Å²) in [5.74, 6) is -0.319. The molecule has 2 aromatic heterocycles. The highest BCUT2D eigenvalue weighted by molar-refractivity contribution is 5.91. The molecule has 3 aromatic carbocycles. The zero-order valence-corrected chi connectivity index (χ0v) is 19.7. The van der Waals surface area contributed by atoms with E-state index < -0.39 is 4.92 Å². The van der Waals surface area contributed by atoms with Crippen molar-refractivity contribution in [3.8, 4) is 0 Å². The van der Waals surface area contributed by atoms with Crippen LogP contribution in [0.2, 0.25) is 0 Å². The number of nitro groups is 1. The highest BCUT2D eigenvalue weighted by Gasteiger charge is 2.11. The normalized spacial score (nSPS) is 11.4. The van der Waals surface area contributed by atoms with Gasteiger partial charge < -0.3 is 5.32 Å². The largest absolute Gasteiger partial charge is 0.351 e. The lowest BCUT2D eigenvalue weighted by Crippen LogP contribution is -2.26. The first-order valence-electron chi connectivity index (χ1n) is 11.6. The number of hydrogen-bond donors (Lipinski definition) is 1. The van der Waals surface area contributed by atoms with Gasteiger partial charge in [0.25, 0.3) is 11.2 Å². The number of carbonyl (C=O) groups excluding carboxylic acids is 1. The lowest BCUT2D eigenvalue weighted by molar-refractivity contribution is -0.384. The van der Waals surface area contributed by atoms with E-state index in [1.165, 1.54) is 30.7 Å². The molecule has 0 bridgehead atoms. The Balaban J connectivity index is 1.23. The number of non-ortho nitro benzene ring substituents is 1. The molecule has 184 valence electrons. The SMILES string of the molecule is O=C(/C=C\c1ccc([N+](=O)[O-])cc1)NCCn1ncc2c(=O)n(Cc3cccc4ccccc34)cnc21. The first kappa shape index (κ1) is 23.6. The maximum atomic E-state index is 13.1. The van der Waals surface area contributed by atoms with E-state index in [1.54, 1.807) is 27.5 Å². The van der Waals surface area contributed by atoms with Crippen molar-refractivity contribution in [2.75, 3.05) is 6.54 Å². The van der Waals surface area contributed by atoms with Gasteiger partial charge in [-0.15, -0.1) is 0 Å². The van der Waals surface area contributed by atoms with Crippen LogP contribution in [-0.2, 0) is 17.9 Å². The number of amides is 1. The minimum Gasteiger partial charge on any atom is -0.351 e. The number of nitrogens with zero attached hydrogens (tertiary/aromatic N) is 5. The second kappa shape index (κ2) is 10.2. The van der Waals surface area contributed by atoms with Crippen molar-refractivity contribution in [3.63, 3.8) is 0 Å². The van der Waals surface area contributed by atoms with E-state index in [9.17, 15) is 19.7 Å². The van der Waals surface area contributed by atoms with Crippen LogP contribution in [0.15, 0.2) is 90.1 Å². The topological polar surface area (TPSA) is 125 Å². The molecule has 10 heteroatoms. The standard InChI is InChI=1S/C27H22N6O4/c34-25(13-10-19-8-11-22(12-9-19)33(36)37)28-14-15-32-26-24(16-30-32)27(35)31(18-29-26)17-21-6-3-5-20-4-1-2-7-23(20)21/h1-13,16,18H,14-15,17H2,(H,28,34)/b13-10-. The van der Waals surface area contributed by atoms with Crippen molar-refractivity contribution >= 4 is 39.5 Å². The number of fused-ring (bicyclic) bond motifs is 2. The van der Waals surface area contributed by atoms with Gasteiger partial charge in [-0.05, 0) is 40.1 Å². The molecule has 0 aliphatic rings. The monoisotopic (exact) mass is 494 g/mol. The summed E-state index contributed by atoms with van der Waals surface area (Å²) in [6.45, 7) is 1.01. The predicted octanol–water partition coefficient (Wildman–Crippen LogP) is 3.53. The molecule has 10 nitrogen and oxygen atoms in total. The fourth-order valence-corrected chi connectivity index (χ4v) is 4.11. The van der Waals surface area contributed by atoms with Gasteiger partial charge in [-0.2, -0.15) is 5.10 Å². The summed E-state index contributed by atoms with van der Waals surface area (Å²) >= 11 is 0. The van der Waals surface area contributed by atoms with Crippen molar-refractivity contribution in [2.45, 2.75) is 13.1 Å². The zero-order valence-electron chi connectivity index (χ0n) is 19.7. The number of aromatic nitrogens is 4. The molecule has 0 spiro atoms. The lowest BCUT2D eigenvalue weighted by Gasteiger charge is -2.09. The Labute approximate surface area is 210 Å². The molecular formula is C27H22N6O4. The summed E-state index contributed by atoms with van der Waals surface area (Å²) in [7, 11) is 0. The Morgan fingerprint density at radius 1 is 1.03 bits per heavy atom. The predicted molar refractivity (Wildman–Crippen MR) is 140 cm³/mol. The molecule has 0 unspecified atom stereocenters. The molecule has 0 aliphatic heterocycles. The van der Waals surface area contributed by atoms with Crippen LogP contribution in [0.1, 0.15) is 11.1 Å². The number of carbonyl (C=O) groups is 1. The Morgan fingerprint density at radius 2 is 1.81 bits per heavy atom. The minimum absolute atomic E-state index is 0.0121. The molecule has 0 aliphatic carbocycles.